The molecule has 0 bridgehead atoms. The Balaban J connectivity index is 2.29. The van der Waals surface area contributed by atoms with Crippen molar-refractivity contribution < 1.29 is 4.92 Å². The second kappa shape index (κ2) is 5.81. The fraction of sp³-hybridized carbons (Fsp3) is 0.250. The molecule has 2 aromatic rings. The van der Waals surface area contributed by atoms with Crippen LogP contribution in [0.25, 0.3) is 0 Å². The number of imidazole rings is 1. The third-order valence-electron chi connectivity index (χ3n) is 2.68. The maximum Gasteiger partial charge on any atom is 0.275 e. The summed E-state index contributed by atoms with van der Waals surface area (Å²) in [6.45, 7) is 0.977. The van der Waals surface area contributed by atoms with Gasteiger partial charge in [0.05, 0.1) is 34.1 Å². The van der Waals surface area contributed by atoms with Crippen LogP contribution in [0.2, 0.25) is 5.02 Å². The Hall–Kier alpha value is -1.92. The maximum atomic E-state index is 11.0. The molecule has 19 heavy (non-hydrogen) atoms. The smallest absolute Gasteiger partial charge is 0.275 e. The normalized spacial score (nSPS) is 10.6. The monoisotopic (exact) mass is 280 g/mol. The van der Waals surface area contributed by atoms with E-state index in [4.69, 9.17) is 11.6 Å². The summed E-state index contributed by atoms with van der Waals surface area (Å²) in [5.74, 6) is 0. The summed E-state index contributed by atoms with van der Waals surface area (Å²) in [7, 11) is 1.83. The van der Waals surface area contributed by atoms with Crippen molar-refractivity contribution in [2.24, 2.45) is 0 Å². The van der Waals surface area contributed by atoms with Crippen molar-refractivity contribution in [3.05, 3.63) is 57.1 Å². The number of rotatable bonds is 5. The molecule has 0 fully saturated rings. The number of nitrogens with one attached hydrogen (secondary N) is 1. The van der Waals surface area contributed by atoms with E-state index in [2.05, 4.69) is 10.3 Å². The topological polar surface area (TPSA) is 73.0 Å². The van der Waals surface area contributed by atoms with E-state index in [9.17, 15) is 10.1 Å². The summed E-state index contributed by atoms with van der Waals surface area (Å²) in [6, 6.07) is 4.67. The number of nitro groups is 1. The fourth-order valence-corrected chi connectivity index (χ4v) is 2.05. The summed E-state index contributed by atoms with van der Waals surface area (Å²) in [4.78, 5) is 14.8. The van der Waals surface area contributed by atoms with Gasteiger partial charge in [-0.05, 0) is 13.1 Å². The highest BCUT2D eigenvalue weighted by Crippen LogP contribution is 2.27. The molecule has 0 amide bonds. The van der Waals surface area contributed by atoms with Crippen LogP contribution in [0.4, 0.5) is 5.69 Å². The lowest BCUT2D eigenvalue weighted by molar-refractivity contribution is -0.385. The number of hydrogen-bond donors (Lipinski definition) is 1. The zero-order valence-electron chi connectivity index (χ0n) is 10.3. The first-order chi connectivity index (χ1) is 9.11. The average molecular weight is 281 g/mol. The third-order valence-corrected chi connectivity index (χ3v) is 3.03. The minimum Gasteiger partial charge on any atom is -0.332 e. The molecule has 0 radical (unpaired) electrons. The van der Waals surface area contributed by atoms with E-state index in [0.29, 0.717) is 23.7 Å². The Labute approximate surface area is 115 Å². The van der Waals surface area contributed by atoms with Crippen molar-refractivity contribution in [2.45, 2.75) is 13.1 Å². The Morgan fingerprint density at radius 2 is 2.32 bits per heavy atom. The van der Waals surface area contributed by atoms with Crippen LogP contribution in [-0.2, 0) is 13.1 Å². The second-order valence-electron chi connectivity index (χ2n) is 4.06. The molecule has 1 aromatic heterocycles. The maximum absolute atomic E-state index is 11.0. The molecule has 0 saturated heterocycles. The van der Waals surface area contributed by atoms with E-state index in [1.807, 2.05) is 13.2 Å². The standard InChI is InChI=1S/C12H13ClN4O2/c1-14-5-9-6-16(8-15-9)7-10-11(13)3-2-4-12(10)17(18)19/h2-4,6,8,14H,5,7H2,1H3. The lowest BCUT2D eigenvalue weighted by atomic mass is 10.2. The van der Waals surface area contributed by atoms with Crippen LogP contribution in [0.1, 0.15) is 11.3 Å². The highest BCUT2D eigenvalue weighted by atomic mass is 35.5. The van der Waals surface area contributed by atoms with Gasteiger partial charge in [0.25, 0.3) is 5.69 Å². The van der Waals surface area contributed by atoms with E-state index in [0.717, 1.165) is 5.69 Å². The van der Waals surface area contributed by atoms with Gasteiger partial charge in [-0.1, -0.05) is 17.7 Å². The molecule has 0 aliphatic rings. The van der Waals surface area contributed by atoms with Gasteiger partial charge < -0.3 is 9.88 Å². The summed E-state index contributed by atoms with van der Waals surface area (Å²) < 4.78 is 1.78. The molecule has 0 aliphatic heterocycles. The van der Waals surface area contributed by atoms with Crippen molar-refractivity contribution in [3.63, 3.8) is 0 Å². The number of benzene rings is 1. The zero-order chi connectivity index (χ0) is 13.8. The number of nitrogens with zero attached hydrogens (tertiary/aromatic N) is 3. The summed E-state index contributed by atoms with van der Waals surface area (Å²) >= 11 is 6.04. The van der Waals surface area contributed by atoms with Gasteiger partial charge in [0.2, 0.25) is 0 Å². The number of halogens is 1. The lowest BCUT2D eigenvalue weighted by Gasteiger charge is -2.06. The van der Waals surface area contributed by atoms with E-state index in [1.54, 1.807) is 23.0 Å². The molecule has 0 unspecified atom stereocenters. The Morgan fingerprint density at radius 1 is 1.53 bits per heavy atom. The molecule has 1 aromatic carbocycles. The van der Waals surface area contributed by atoms with Crippen molar-refractivity contribution >= 4 is 17.3 Å². The predicted octanol–water partition coefficient (Wildman–Crippen LogP) is 2.21. The quantitative estimate of drug-likeness (QED) is 0.673. The molecule has 0 spiro atoms. The highest BCUT2D eigenvalue weighted by Gasteiger charge is 2.16. The van der Waals surface area contributed by atoms with Crippen LogP contribution >= 0.6 is 11.6 Å². The van der Waals surface area contributed by atoms with Gasteiger partial charge in [0.1, 0.15) is 0 Å². The van der Waals surface area contributed by atoms with Crippen LogP contribution in [0, 0.1) is 10.1 Å². The van der Waals surface area contributed by atoms with Gasteiger partial charge in [-0.15, -0.1) is 0 Å². The highest BCUT2D eigenvalue weighted by molar-refractivity contribution is 6.31. The van der Waals surface area contributed by atoms with E-state index < -0.39 is 4.92 Å². The number of hydrogen-bond acceptors (Lipinski definition) is 4. The van der Waals surface area contributed by atoms with Gasteiger partial charge in [0, 0.05) is 18.8 Å². The van der Waals surface area contributed by atoms with E-state index in [1.165, 1.54) is 6.07 Å². The SMILES string of the molecule is CNCc1cn(Cc2c(Cl)cccc2[N+](=O)[O-])cn1. The van der Waals surface area contributed by atoms with Crippen molar-refractivity contribution in [2.75, 3.05) is 7.05 Å². The summed E-state index contributed by atoms with van der Waals surface area (Å²) in [5.41, 5.74) is 1.39. The largest absolute Gasteiger partial charge is 0.332 e. The van der Waals surface area contributed by atoms with Crippen LogP contribution in [0.3, 0.4) is 0 Å². The number of aromatic nitrogens is 2. The van der Waals surface area contributed by atoms with Gasteiger partial charge >= 0.3 is 0 Å². The number of nitro benzene ring substituents is 1. The molecule has 0 atom stereocenters. The van der Waals surface area contributed by atoms with Crippen LogP contribution in [0.5, 0.6) is 0 Å². The zero-order valence-corrected chi connectivity index (χ0v) is 11.1. The Bertz CT molecular complexity index is 597. The summed E-state index contributed by atoms with van der Waals surface area (Å²) in [5, 5.41) is 14.4. The molecular formula is C12H13ClN4O2. The first-order valence-corrected chi connectivity index (χ1v) is 6.06. The van der Waals surface area contributed by atoms with Gasteiger partial charge in [-0.3, -0.25) is 10.1 Å². The predicted molar refractivity (Wildman–Crippen MR) is 72.2 cm³/mol. The third kappa shape index (κ3) is 3.10. The van der Waals surface area contributed by atoms with Crippen LogP contribution in [0.15, 0.2) is 30.7 Å². The fourth-order valence-electron chi connectivity index (χ4n) is 1.82. The molecule has 7 heteroatoms. The Morgan fingerprint density at radius 3 is 3.00 bits per heavy atom. The van der Waals surface area contributed by atoms with Gasteiger partial charge in [-0.25, -0.2) is 4.98 Å². The van der Waals surface area contributed by atoms with Crippen LogP contribution in [-0.4, -0.2) is 21.5 Å². The van der Waals surface area contributed by atoms with Crippen molar-refractivity contribution in [3.8, 4) is 0 Å². The molecule has 0 saturated carbocycles. The van der Waals surface area contributed by atoms with Crippen LogP contribution < -0.4 is 5.32 Å². The Kier molecular flexibility index (Phi) is 4.13. The molecule has 0 aliphatic carbocycles. The van der Waals surface area contributed by atoms with Crippen molar-refractivity contribution in [1.29, 1.82) is 0 Å². The molecule has 6 nitrogen and oxygen atoms in total. The molecule has 1 heterocycles. The lowest BCUT2D eigenvalue weighted by Crippen LogP contribution is -2.05. The van der Waals surface area contributed by atoms with Gasteiger partial charge in [0.15, 0.2) is 0 Å². The van der Waals surface area contributed by atoms with E-state index in [-0.39, 0.29) is 5.69 Å². The minimum atomic E-state index is -0.424. The van der Waals surface area contributed by atoms with E-state index >= 15 is 0 Å². The molecular weight excluding hydrogens is 268 g/mol. The first-order valence-electron chi connectivity index (χ1n) is 5.69. The molecule has 1 N–H and O–H groups in total. The minimum absolute atomic E-state index is 0.0244. The second-order valence-corrected chi connectivity index (χ2v) is 4.47. The molecule has 100 valence electrons. The summed E-state index contributed by atoms with van der Waals surface area (Å²) in [6.07, 6.45) is 3.48. The molecule has 2 rings (SSSR count). The first kappa shape index (κ1) is 13.5. The average Bonchev–Trinajstić information content (AvgIpc) is 2.79. The van der Waals surface area contributed by atoms with Crippen molar-refractivity contribution in [1.82, 2.24) is 14.9 Å². The van der Waals surface area contributed by atoms with Gasteiger partial charge in [-0.2, -0.15) is 0 Å².